The fraction of sp³-hybridized carbons (Fsp3) is 0.353. The molecule has 0 bridgehead atoms. The van der Waals surface area contributed by atoms with E-state index in [1.54, 1.807) is 0 Å². The van der Waals surface area contributed by atoms with Gasteiger partial charge in [-0.15, -0.1) is 0 Å². The summed E-state index contributed by atoms with van der Waals surface area (Å²) in [6, 6.07) is 0. The van der Waals surface area contributed by atoms with Crippen LogP contribution >= 0.6 is 0 Å². The van der Waals surface area contributed by atoms with Crippen molar-refractivity contribution in [3.8, 4) is 0 Å². The molecule has 0 saturated carbocycles. The first kappa shape index (κ1) is 16.3. The van der Waals surface area contributed by atoms with Crippen molar-refractivity contribution >= 4 is 5.96 Å². The van der Waals surface area contributed by atoms with Gasteiger partial charge in [-0.2, -0.15) is 0 Å². The Kier molecular flexibility index (Phi) is 4.68. The van der Waals surface area contributed by atoms with E-state index in [1.165, 1.54) is 0 Å². The third kappa shape index (κ3) is 4.44. The van der Waals surface area contributed by atoms with E-state index in [1.807, 2.05) is 19.1 Å². The smallest absolute Gasteiger partial charge is 0.185 e. The van der Waals surface area contributed by atoms with Crippen LogP contribution in [-0.2, 0) is 0 Å². The Bertz CT molecular complexity index is 563. The van der Waals surface area contributed by atoms with Gasteiger partial charge in [-0.25, -0.2) is 0 Å². The number of aliphatic imine (C=N–C) groups is 1. The molecule has 0 amide bonds. The average Bonchev–Trinajstić information content (AvgIpc) is 2.68. The molecular weight excluding hydrogens is 274 g/mol. The van der Waals surface area contributed by atoms with Crippen LogP contribution in [0, 0.1) is 0 Å². The Morgan fingerprint density at radius 3 is 2.00 bits per heavy atom. The number of hydrogen-bond acceptors (Lipinski definition) is 3. The summed E-state index contributed by atoms with van der Waals surface area (Å²) in [6.07, 6.45) is 16.7. The molecule has 0 aliphatic heterocycles. The minimum Gasteiger partial charge on any atom is -0.370 e. The standard InChI is InChI=1S/C17H25N5/c1-16(20)7-3-13-5-9-17(2,10-6-14(13)4-8-16)22-12-11-21-15(18)19/h3-10,22H,11-12,20H2,1-2H3,(H4,18,19,21). The number of rotatable bonds is 4. The van der Waals surface area contributed by atoms with Crippen LogP contribution in [0.1, 0.15) is 13.8 Å². The monoisotopic (exact) mass is 299 g/mol. The van der Waals surface area contributed by atoms with Crippen LogP contribution in [-0.4, -0.2) is 30.1 Å². The van der Waals surface area contributed by atoms with Crippen molar-refractivity contribution in [3.63, 3.8) is 0 Å². The lowest BCUT2D eigenvalue weighted by Crippen LogP contribution is -2.40. The summed E-state index contributed by atoms with van der Waals surface area (Å²) in [6.45, 7) is 5.34. The highest BCUT2D eigenvalue weighted by atomic mass is 15.0. The van der Waals surface area contributed by atoms with Gasteiger partial charge in [-0.1, -0.05) is 48.6 Å². The number of allylic oxidation sites excluding steroid dienone is 6. The van der Waals surface area contributed by atoms with Crippen LogP contribution in [0.2, 0.25) is 0 Å². The summed E-state index contributed by atoms with van der Waals surface area (Å²) in [7, 11) is 0. The molecule has 0 fully saturated rings. The molecule has 5 heteroatoms. The number of guanidine groups is 1. The molecule has 22 heavy (non-hydrogen) atoms. The average molecular weight is 299 g/mol. The zero-order valence-electron chi connectivity index (χ0n) is 13.2. The molecule has 0 heterocycles. The third-order valence-electron chi connectivity index (χ3n) is 3.71. The normalized spacial score (nSPS) is 21.2. The van der Waals surface area contributed by atoms with Gasteiger partial charge in [0.25, 0.3) is 0 Å². The summed E-state index contributed by atoms with van der Waals surface area (Å²) in [5.41, 5.74) is 18.4. The van der Waals surface area contributed by atoms with Crippen LogP contribution in [0.25, 0.3) is 0 Å². The molecule has 0 saturated heterocycles. The van der Waals surface area contributed by atoms with Crippen LogP contribution in [0.4, 0.5) is 0 Å². The lowest BCUT2D eigenvalue weighted by atomic mass is 10.00. The van der Waals surface area contributed by atoms with Gasteiger partial charge in [0.05, 0.1) is 17.6 Å². The Labute approximate surface area is 132 Å². The van der Waals surface area contributed by atoms with E-state index in [0.717, 1.165) is 11.1 Å². The van der Waals surface area contributed by atoms with E-state index in [-0.39, 0.29) is 11.5 Å². The zero-order valence-corrected chi connectivity index (χ0v) is 13.2. The predicted molar refractivity (Wildman–Crippen MR) is 93.3 cm³/mol. The molecule has 2 aliphatic carbocycles. The summed E-state index contributed by atoms with van der Waals surface area (Å²) >= 11 is 0. The number of nitrogens with zero attached hydrogens (tertiary/aromatic N) is 1. The van der Waals surface area contributed by atoms with E-state index in [9.17, 15) is 0 Å². The van der Waals surface area contributed by atoms with Crippen LogP contribution in [0.5, 0.6) is 0 Å². The van der Waals surface area contributed by atoms with Crippen molar-refractivity contribution in [2.75, 3.05) is 13.1 Å². The lowest BCUT2D eigenvalue weighted by molar-refractivity contribution is 0.532. The zero-order chi connectivity index (χ0) is 16.2. The lowest BCUT2D eigenvalue weighted by Gasteiger charge is -2.23. The summed E-state index contributed by atoms with van der Waals surface area (Å²) in [4.78, 5) is 3.98. The van der Waals surface area contributed by atoms with Gasteiger partial charge in [0.2, 0.25) is 0 Å². The number of hydrogen-bond donors (Lipinski definition) is 4. The fourth-order valence-corrected chi connectivity index (χ4v) is 2.30. The molecule has 5 nitrogen and oxygen atoms in total. The number of nitrogens with two attached hydrogens (primary N) is 3. The van der Waals surface area contributed by atoms with Gasteiger partial charge in [0.15, 0.2) is 5.96 Å². The maximum atomic E-state index is 6.14. The van der Waals surface area contributed by atoms with Crippen LogP contribution in [0.3, 0.4) is 0 Å². The van der Waals surface area contributed by atoms with E-state index in [2.05, 4.69) is 53.7 Å². The van der Waals surface area contributed by atoms with Gasteiger partial charge in [-0.05, 0) is 25.0 Å². The number of nitrogens with one attached hydrogen (secondary N) is 1. The second-order valence-electron chi connectivity index (χ2n) is 6.13. The highest BCUT2D eigenvalue weighted by Crippen LogP contribution is 2.24. The molecule has 7 N–H and O–H groups in total. The highest BCUT2D eigenvalue weighted by Gasteiger charge is 2.20. The summed E-state index contributed by atoms with van der Waals surface area (Å²) in [5.74, 6) is 0.118. The Morgan fingerprint density at radius 2 is 1.50 bits per heavy atom. The molecule has 2 rings (SSSR count). The van der Waals surface area contributed by atoms with Gasteiger partial charge in [0, 0.05) is 6.54 Å². The molecule has 118 valence electrons. The van der Waals surface area contributed by atoms with E-state index >= 15 is 0 Å². The van der Waals surface area contributed by atoms with Gasteiger partial charge < -0.3 is 22.5 Å². The van der Waals surface area contributed by atoms with Crippen molar-refractivity contribution in [2.45, 2.75) is 24.9 Å². The van der Waals surface area contributed by atoms with Crippen LogP contribution in [0.15, 0.2) is 64.7 Å². The Balaban J connectivity index is 2.09. The van der Waals surface area contributed by atoms with Gasteiger partial charge in [0.1, 0.15) is 0 Å². The van der Waals surface area contributed by atoms with Gasteiger partial charge >= 0.3 is 0 Å². The summed E-state index contributed by atoms with van der Waals surface area (Å²) < 4.78 is 0. The van der Waals surface area contributed by atoms with Crippen molar-refractivity contribution in [3.05, 3.63) is 59.8 Å². The van der Waals surface area contributed by atoms with E-state index in [4.69, 9.17) is 17.2 Å². The first-order valence-corrected chi connectivity index (χ1v) is 7.40. The maximum Gasteiger partial charge on any atom is 0.185 e. The fourth-order valence-electron chi connectivity index (χ4n) is 2.30. The quantitative estimate of drug-likeness (QED) is 0.351. The van der Waals surface area contributed by atoms with Crippen molar-refractivity contribution in [2.24, 2.45) is 22.2 Å². The van der Waals surface area contributed by atoms with Crippen LogP contribution < -0.4 is 22.5 Å². The van der Waals surface area contributed by atoms with E-state index < -0.39 is 5.54 Å². The SMILES string of the molecule is CC1(N)C=CC2=C(C=C1)C=CC(C)(NCCN=C(N)N)C=C2. The third-order valence-corrected chi connectivity index (χ3v) is 3.71. The molecule has 0 atom stereocenters. The van der Waals surface area contributed by atoms with Crippen molar-refractivity contribution in [1.82, 2.24) is 5.32 Å². The highest BCUT2D eigenvalue weighted by molar-refractivity contribution is 5.75. The van der Waals surface area contributed by atoms with Gasteiger partial charge in [-0.3, -0.25) is 4.99 Å². The molecule has 0 radical (unpaired) electrons. The minimum absolute atomic E-state index is 0.118. The molecule has 0 spiro atoms. The summed E-state index contributed by atoms with van der Waals surface area (Å²) in [5, 5.41) is 3.44. The second-order valence-corrected chi connectivity index (χ2v) is 6.13. The molecule has 0 aromatic carbocycles. The first-order chi connectivity index (χ1) is 10.3. The second kappa shape index (κ2) is 6.34. The molecular formula is C17H25N5. The molecule has 0 unspecified atom stereocenters. The molecule has 0 aromatic rings. The van der Waals surface area contributed by atoms with Crippen molar-refractivity contribution < 1.29 is 0 Å². The van der Waals surface area contributed by atoms with Crippen molar-refractivity contribution in [1.29, 1.82) is 0 Å². The Morgan fingerprint density at radius 1 is 1.00 bits per heavy atom. The Hall–Kier alpha value is -2.11. The molecule has 0 aromatic heterocycles. The molecule has 2 aliphatic rings. The van der Waals surface area contributed by atoms with E-state index in [0.29, 0.717) is 13.1 Å². The predicted octanol–water partition coefficient (Wildman–Crippen LogP) is 0.874. The maximum absolute atomic E-state index is 6.14. The largest absolute Gasteiger partial charge is 0.370 e. The topological polar surface area (TPSA) is 102 Å². The minimum atomic E-state index is -0.407. The first-order valence-electron chi connectivity index (χ1n) is 7.40.